The van der Waals surface area contributed by atoms with Crippen molar-refractivity contribution in [2.45, 2.75) is 6.54 Å². The molecule has 0 spiro atoms. The Balaban J connectivity index is 2.37. The molecule has 0 unspecified atom stereocenters. The molecule has 2 heterocycles. The van der Waals surface area contributed by atoms with E-state index in [1.165, 1.54) is 15.8 Å². The van der Waals surface area contributed by atoms with Crippen LogP contribution in [0.25, 0.3) is 11.0 Å². The average Bonchev–Trinajstić information content (AvgIpc) is 2.71. The molecule has 18 heavy (non-hydrogen) atoms. The van der Waals surface area contributed by atoms with Gasteiger partial charge >= 0.3 is 0 Å². The van der Waals surface area contributed by atoms with Gasteiger partial charge in [-0.25, -0.2) is 4.98 Å². The maximum Gasteiger partial charge on any atom is 0.262 e. The Morgan fingerprint density at radius 1 is 1.61 bits per heavy atom. The molecule has 0 aliphatic carbocycles. The summed E-state index contributed by atoms with van der Waals surface area (Å²) in [7, 11) is 3.30. The van der Waals surface area contributed by atoms with Gasteiger partial charge in [0.1, 0.15) is 17.1 Å². The lowest BCUT2D eigenvalue weighted by Crippen LogP contribution is -2.29. The van der Waals surface area contributed by atoms with Crippen molar-refractivity contribution in [1.82, 2.24) is 24.6 Å². The van der Waals surface area contributed by atoms with Crippen molar-refractivity contribution in [3.05, 3.63) is 22.4 Å². The van der Waals surface area contributed by atoms with Gasteiger partial charge in [0.2, 0.25) is 5.91 Å². The average molecular weight is 270 g/mol. The molecule has 2 aromatic rings. The van der Waals surface area contributed by atoms with Crippen LogP contribution in [0.3, 0.4) is 0 Å². The lowest BCUT2D eigenvalue weighted by molar-refractivity contribution is -0.127. The second-order valence-electron chi connectivity index (χ2n) is 3.90. The van der Waals surface area contributed by atoms with E-state index in [9.17, 15) is 9.59 Å². The molecular formula is C10H12ClN5O2. The summed E-state index contributed by atoms with van der Waals surface area (Å²) in [4.78, 5) is 31.4. The first-order valence-electron chi connectivity index (χ1n) is 5.23. The van der Waals surface area contributed by atoms with E-state index in [0.29, 0.717) is 16.9 Å². The number of H-pyrrole nitrogens is 1. The van der Waals surface area contributed by atoms with E-state index in [1.54, 1.807) is 14.1 Å². The van der Waals surface area contributed by atoms with Gasteiger partial charge in [-0.05, 0) is 0 Å². The number of fused-ring (bicyclic) bond motifs is 1. The Morgan fingerprint density at radius 3 is 3.00 bits per heavy atom. The molecule has 0 saturated heterocycles. The molecule has 0 bridgehead atoms. The van der Waals surface area contributed by atoms with Crippen LogP contribution in [0.15, 0.2) is 11.0 Å². The molecule has 7 nitrogen and oxygen atoms in total. The van der Waals surface area contributed by atoms with E-state index in [4.69, 9.17) is 11.6 Å². The Kier molecular flexibility index (Phi) is 3.33. The third-order valence-corrected chi connectivity index (χ3v) is 2.81. The highest BCUT2D eigenvalue weighted by Gasteiger charge is 2.12. The van der Waals surface area contributed by atoms with Crippen LogP contribution in [-0.4, -0.2) is 43.5 Å². The largest absolute Gasteiger partial charge is 0.337 e. The van der Waals surface area contributed by atoms with Gasteiger partial charge in [-0.2, -0.15) is 5.10 Å². The molecule has 0 atom stereocenters. The van der Waals surface area contributed by atoms with Crippen LogP contribution in [0.5, 0.6) is 0 Å². The summed E-state index contributed by atoms with van der Waals surface area (Å²) in [5, 5.41) is 4.38. The molecule has 1 amide bonds. The second kappa shape index (κ2) is 4.77. The number of hydrogen-bond acceptors (Lipinski definition) is 4. The predicted molar refractivity (Wildman–Crippen MR) is 66.3 cm³/mol. The number of aryl methyl sites for hydroxylation is 1. The van der Waals surface area contributed by atoms with Crippen LogP contribution in [0, 0.1) is 0 Å². The van der Waals surface area contributed by atoms with Crippen molar-refractivity contribution in [2.24, 2.45) is 7.05 Å². The normalized spacial score (nSPS) is 10.8. The second-order valence-corrected chi connectivity index (χ2v) is 4.17. The number of nitrogens with one attached hydrogen (secondary N) is 1. The fourth-order valence-electron chi connectivity index (χ4n) is 1.57. The molecular weight excluding hydrogens is 258 g/mol. The summed E-state index contributed by atoms with van der Waals surface area (Å²) < 4.78 is 1.51. The SMILES string of the molecule is CN(Cc1nc2c(cnn2C)c(=O)[nH]1)C(=O)CCl. The Labute approximate surface area is 107 Å². The number of nitrogens with zero attached hydrogens (tertiary/aromatic N) is 4. The molecule has 0 radical (unpaired) electrons. The van der Waals surface area contributed by atoms with Crippen molar-refractivity contribution in [3.63, 3.8) is 0 Å². The number of aromatic amines is 1. The van der Waals surface area contributed by atoms with Gasteiger partial charge in [0.25, 0.3) is 5.56 Å². The number of halogens is 1. The molecule has 0 fully saturated rings. The van der Waals surface area contributed by atoms with E-state index >= 15 is 0 Å². The van der Waals surface area contributed by atoms with Crippen LogP contribution in [-0.2, 0) is 18.4 Å². The lowest BCUT2D eigenvalue weighted by atomic mass is 10.4. The van der Waals surface area contributed by atoms with Crippen LogP contribution in [0.2, 0.25) is 0 Å². The highest BCUT2D eigenvalue weighted by Crippen LogP contribution is 2.05. The van der Waals surface area contributed by atoms with Gasteiger partial charge in [-0.3, -0.25) is 14.3 Å². The fraction of sp³-hybridized carbons (Fsp3) is 0.400. The zero-order chi connectivity index (χ0) is 13.3. The minimum absolute atomic E-state index is 0.102. The summed E-state index contributed by atoms with van der Waals surface area (Å²) in [5.74, 6) is 0.0655. The van der Waals surface area contributed by atoms with Crippen molar-refractivity contribution >= 4 is 28.5 Å². The van der Waals surface area contributed by atoms with E-state index in [0.717, 1.165) is 0 Å². The first kappa shape index (κ1) is 12.6. The first-order chi connectivity index (χ1) is 8.52. The number of carbonyl (C=O) groups is 1. The number of aromatic nitrogens is 4. The standard InChI is InChI=1S/C10H12ClN5O2/c1-15(8(17)3-11)5-7-13-9-6(10(18)14-7)4-12-16(9)2/h4H,3,5H2,1-2H3,(H,13,14,18). The monoisotopic (exact) mass is 269 g/mol. The van der Waals surface area contributed by atoms with Crippen molar-refractivity contribution in [2.75, 3.05) is 12.9 Å². The van der Waals surface area contributed by atoms with Gasteiger partial charge in [-0.15, -0.1) is 11.6 Å². The van der Waals surface area contributed by atoms with E-state index in [1.807, 2.05) is 0 Å². The fourth-order valence-corrected chi connectivity index (χ4v) is 1.77. The molecule has 8 heteroatoms. The quantitative estimate of drug-likeness (QED) is 0.786. The Hall–Kier alpha value is -1.89. The molecule has 1 N–H and O–H groups in total. The number of carbonyl (C=O) groups excluding carboxylic acids is 1. The van der Waals surface area contributed by atoms with Crippen LogP contribution in [0.1, 0.15) is 5.82 Å². The van der Waals surface area contributed by atoms with Crippen LogP contribution >= 0.6 is 11.6 Å². The van der Waals surface area contributed by atoms with Gasteiger partial charge < -0.3 is 9.88 Å². The molecule has 0 saturated carbocycles. The Bertz CT molecular complexity index is 647. The summed E-state index contributed by atoms with van der Waals surface area (Å²) in [5.41, 5.74) is 0.218. The molecule has 2 aromatic heterocycles. The van der Waals surface area contributed by atoms with Crippen LogP contribution in [0.4, 0.5) is 0 Å². The molecule has 96 valence electrons. The third-order valence-electron chi connectivity index (χ3n) is 2.58. The van der Waals surface area contributed by atoms with Crippen molar-refractivity contribution < 1.29 is 4.79 Å². The van der Waals surface area contributed by atoms with E-state index in [-0.39, 0.29) is 23.9 Å². The predicted octanol–water partition coefficient (Wildman–Crippen LogP) is -0.146. The first-order valence-corrected chi connectivity index (χ1v) is 5.77. The number of alkyl halides is 1. The highest BCUT2D eigenvalue weighted by molar-refractivity contribution is 6.27. The zero-order valence-electron chi connectivity index (χ0n) is 9.97. The summed E-state index contributed by atoms with van der Waals surface area (Å²) >= 11 is 5.45. The third kappa shape index (κ3) is 2.21. The number of rotatable bonds is 3. The van der Waals surface area contributed by atoms with Gasteiger partial charge in [0, 0.05) is 14.1 Å². The maximum absolute atomic E-state index is 11.8. The van der Waals surface area contributed by atoms with Crippen molar-refractivity contribution in [3.8, 4) is 0 Å². The van der Waals surface area contributed by atoms with Gasteiger partial charge in [0.05, 0.1) is 12.7 Å². The molecule has 0 aliphatic heterocycles. The Morgan fingerprint density at radius 2 is 2.33 bits per heavy atom. The highest BCUT2D eigenvalue weighted by atomic mass is 35.5. The minimum Gasteiger partial charge on any atom is -0.337 e. The number of amides is 1. The van der Waals surface area contributed by atoms with Gasteiger partial charge in [-0.1, -0.05) is 0 Å². The molecule has 2 rings (SSSR count). The smallest absolute Gasteiger partial charge is 0.262 e. The van der Waals surface area contributed by atoms with Crippen molar-refractivity contribution in [1.29, 1.82) is 0 Å². The van der Waals surface area contributed by atoms with E-state index < -0.39 is 0 Å². The summed E-state index contributed by atoms with van der Waals surface area (Å²) in [6.45, 7) is 0.196. The topological polar surface area (TPSA) is 83.9 Å². The zero-order valence-corrected chi connectivity index (χ0v) is 10.7. The van der Waals surface area contributed by atoms with Gasteiger partial charge in [0.15, 0.2) is 5.65 Å². The summed E-state index contributed by atoms with van der Waals surface area (Å²) in [6, 6.07) is 0. The summed E-state index contributed by atoms with van der Waals surface area (Å²) in [6.07, 6.45) is 1.46. The maximum atomic E-state index is 11.8. The number of hydrogen-bond donors (Lipinski definition) is 1. The van der Waals surface area contributed by atoms with Crippen LogP contribution < -0.4 is 5.56 Å². The lowest BCUT2D eigenvalue weighted by Gasteiger charge is -2.14. The van der Waals surface area contributed by atoms with E-state index in [2.05, 4.69) is 15.1 Å². The molecule has 0 aromatic carbocycles. The minimum atomic E-state index is -0.269. The molecule has 0 aliphatic rings.